The molecule has 6 rings (SSSR count). The molecule has 0 amide bonds. The maximum absolute atomic E-state index is 6.47. The van der Waals surface area contributed by atoms with Crippen molar-refractivity contribution in [1.29, 1.82) is 0 Å². The van der Waals surface area contributed by atoms with Crippen molar-refractivity contribution in [3.63, 3.8) is 0 Å². The lowest BCUT2D eigenvalue weighted by molar-refractivity contribution is 1.05. The van der Waals surface area contributed by atoms with Gasteiger partial charge in [-0.15, -0.1) is 0 Å². The third-order valence-electron chi connectivity index (χ3n) is 7.22. The van der Waals surface area contributed by atoms with Gasteiger partial charge in [0, 0.05) is 40.3 Å². The molecule has 0 bridgehead atoms. The van der Waals surface area contributed by atoms with Crippen molar-refractivity contribution in [2.75, 3.05) is 0 Å². The van der Waals surface area contributed by atoms with Gasteiger partial charge in [0.25, 0.3) is 0 Å². The number of benzene rings is 3. The van der Waals surface area contributed by atoms with E-state index < -0.39 is 0 Å². The van der Waals surface area contributed by atoms with E-state index in [-0.39, 0.29) is 0 Å². The van der Waals surface area contributed by atoms with E-state index in [0.717, 1.165) is 27.9 Å². The molecule has 0 atom stereocenters. The van der Waals surface area contributed by atoms with Crippen LogP contribution in [0.4, 0.5) is 0 Å². The van der Waals surface area contributed by atoms with Gasteiger partial charge < -0.3 is 0 Å². The summed E-state index contributed by atoms with van der Waals surface area (Å²) in [6, 6.07) is 19.2. The Morgan fingerprint density at radius 1 is 0.488 bits per heavy atom. The number of hydrogen-bond acceptors (Lipinski definition) is 6. The van der Waals surface area contributed by atoms with Crippen LogP contribution >= 0.6 is 34.8 Å². The van der Waals surface area contributed by atoms with Gasteiger partial charge in [-0.1, -0.05) is 65.1 Å². The molecule has 0 unspecified atom stereocenters. The Balaban J connectivity index is 1.56. The van der Waals surface area contributed by atoms with Gasteiger partial charge in [-0.3, -0.25) is 0 Å². The minimum absolute atomic E-state index is 0.407. The molecule has 0 radical (unpaired) electrons. The van der Waals surface area contributed by atoms with Gasteiger partial charge in [-0.25, -0.2) is 29.9 Å². The van der Waals surface area contributed by atoms with E-state index in [1.807, 2.05) is 50.4 Å². The van der Waals surface area contributed by atoms with Crippen LogP contribution in [0.5, 0.6) is 0 Å². The largest absolute Gasteiger partial charge is 0.241 e. The summed E-state index contributed by atoms with van der Waals surface area (Å²) in [5, 5.41) is 1.45. The van der Waals surface area contributed by atoms with Gasteiger partial charge in [-0.2, -0.15) is 0 Å². The van der Waals surface area contributed by atoms with Gasteiger partial charge in [-0.05, 0) is 74.7 Å². The SMILES string of the molecule is Cc1ncc(-c2ncc(-c3ncc(C)c(-c4ccc(C)c(C)c4)n3)c(-c3ccc(Cl)c(Cl)c3)n2)c(-c2cccc(Cl)c2)n1. The highest BCUT2D eigenvalue weighted by molar-refractivity contribution is 6.42. The number of rotatable bonds is 5. The summed E-state index contributed by atoms with van der Waals surface area (Å²) in [6.07, 6.45) is 5.29. The van der Waals surface area contributed by atoms with Crippen LogP contribution in [0.2, 0.25) is 15.1 Å². The maximum atomic E-state index is 6.47. The van der Waals surface area contributed by atoms with Crippen LogP contribution in [0.1, 0.15) is 22.5 Å². The van der Waals surface area contributed by atoms with Gasteiger partial charge in [0.05, 0.1) is 38.3 Å². The van der Waals surface area contributed by atoms with E-state index in [2.05, 4.69) is 37.0 Å². The van der Waals surface area contributed by atoms with Crippen LogP contribution in [-0.4, -0.2) is 29.9 Å². The topological polar surface area (TPSA) is 77.3 Å². The van der Waals surface area contributed by atoms with Crippen LogP contribution in [0.25, 0.3) is 56.5 Å². The zero-order valence-electron chi connectivity index (χ0n) is 23.8. The van der Waals surface area contributed by atoms with Gasteiger partial charge in [0.15, 0.2) is 11.6 Å². The van der Waals surface area contributed by atoms with E-state index >= 15 is 0 Å². The summed E-state index contributed by atoms with van der Waals surface area (Å²) in [7, 11) is 0. The highest BCUT2D eigenvalue weighted by Crippen LogP contribution is 2.36. The van der Waals surface area contributed by atoms with E-state index in [9.17, 15) is 0 Å². The molecule has 43 heavy (non-hydrogen) atoms. The average Bonchev–Trinajstić information content (AvgIpc) is 3.00. The lowest BCUT2D eigenvalue weighted by Crippen LogP contribution is -2.03. The molecule has 9 heteroatoms. The predicted molar refractivity (Wildman–Crippen MR) is 174 cm³/mol. The molecule has 0 aliphatic heterocycles. The minimum atomic E-state index is 0.407. The van der Waals surface area contributed by atoms with Crippen molar-refractivity contribution in [1.82, 2.24) is 29.9 Å². The zero-order chi connectivity index (χ0) is 30.2. The highest BCUT2D eigenvalue weighted by Gasteiger charge is 2.20. The molecule has 0 N–H and O–H groups in total. The van der Waals surface area contributed by atoms with Crippen LogP contribution in [0.3, 0.4) is 0 Å². The molecule has 0 aliphatic carbocycles. The van der Waals surface area contributed by atoms with Crippen molar-refractivity contribution in [2.24, 2.45) is 0 Å². The second kappa shape index (κ2) is 11.8. The molecular weight excluding hydrogens is 599 g/mol. The molecule has 3 aromatic heterocycles. The van der Waals surface area contributed by atoms with Crippen molar-refractivity contribution >= 4 is 34.8 Å². The third kappa shape index (κ3) is 5.87. The quantitative estimate of drug-likeness (QED) is 0.190. The number of aromatic nitrogens is 6. The molecule has 0 aliphatic rings. The number of aryl methyl sites for hydroxylation is 4. The Hall–Kier alpha value is -4.23. The first-order valence-corrected chi connectivity index (χ1v) is 14.7. The van der Waals surface area contributed by atoms with Gasteiger partial charge in [0.2, 0.25) is 0 Å². The Labute approximate surface area is 264 Å². The summed E-state index contributed by atoms with van der Waals surface area (Å²) in [4.78, 5) is 28.7. The summed E-state index contributed by atoms with van der Waals surface area (Å²) in [5.41, 5.74) is 9.36. The molecule has 3 heterocycles. The lowest BCUT2D eigenvalue weighted by Gasteiger charge is -2.14. The molecule has 212 valence electrons. The molecule has 6 aromatic rings. The molecule has 0 saturated heterocycles. The third-order valence-corrected chi connectivity index (χ3v) is 8.20. The maximum Gasteiger partial charge on any atom is 0.163 e. The summed E-state index contributed by atoms with van der Waals surface area (Å²) in [6.45, 7) is 8.03. The predicted octanol–water partition coefficient (Wildman–Crippen LogP) is 9.59. The highest BCUT2D eigenvalue weighted by atomic mass is 35.5. The molecule has 0 saturated carbocycles. The Kier molecular flexibility index (Phi) is 7.93. The minimum Gasteiger partial charge on any atom is -0.241 e. The first kappa shape index (κ1) is 28.9. The van der Waals surface area contributed by atoms with Crippen molar-refractivity contribution < 1.29 is 0 Å². The summed E-state index contributed by atoms with van der Waals surface area (Å²) < 4.78 is 0. The molecule has 0 fully saturated rings. The number of hydrogen-bond donors (Lipinski definition) is 0. The van der Waals surface area contributed by atoms with Gasteiger partial charge in [0.1, 0.15) is 5.82 Å². The number of nitrogens with zero attached hydrogens (tertiary/aromatic N) is 6. The lowest BCUT2D eigenvalue weighted by atomic mass is 10.0. The van der Waals surface area contributed by atoms with E-state index in [1.165, 1.54) is 11.1 Å². The summed E-state index contributed by atoms with van der Waals surface area (Å²) >= 11 is 19.1. The molecule has 3 aromatic carbocycles. The fraction of sp³-hybridized carbons (Fsp3) is 0.118. The normalized spacial score (nSPS) is 11.1. The second-order valence-electron chi connectivity index (χ2n) is 10.3. The second-order valence-corrected chi connectivity index (χ2v) is 11.5. The zero-order valence-corrected chi connectivity index (χ0v) is 26.1. The first-order valence-electron chi connectivity index (χ1n) is 13.5. The summed E-state index contributed by atoms with van der Waals surface area (Å²) in [5.74, 6) is 1.54. The average molecular weight is 624 g/mol. The first-order chi connectivity index (χ1) is 20.7. The smallest absolute Gasteiger partial charge is 0.163 e. The van der Waals surface area contributed by atoms with Crippen molar-refractivity contribution in [2.45, 2.75) is 27.7 Å². The van der Waals surface area contributed by atoms with Crippen LogP contribution in [-0.2, 0) is 0 Å². The monoisotopic (exact) mass is 622 g/mol. The van der Waals surface area contributed by atoms with Crippen LogP contribution < -0.4 is 0 Å². The Bertz CT molecular complexity index is 2030. The van der Waals surface area contributed by atoms with Crippen molar-refractivity contribution in [3.8, 4) is 56.5 Å². The Morgan fingerprint density at radius 2 is 1.12 bits per heavy atom. The van der Waals surface area contributed by atoms with E-state index in [4.69, 9.17) is 59.7 Å². The standard InChI is InChI=1S/C34H25Cl3N6/c1-18-8-9-23(12-19(18)2)30-20(3)15-39-33(42-30)27-17-40-34(43-32(27)24-10-11-28(36)29(37)14-24)26-16-38-21(4)41-31(26)22-6-5-7-25(35)13-22/h5-17H,1-4H3. The Morgan fingerprint density at radius 3 is 1.84 bits per heavy atom. The fourth-order valence-corrected chi connectivity index (χ4v) is 5.27. The van der Waals surface area contributed by atoms with Crippen LogP contribution in [0.15, 0.2) is 79.3 Å². The molecular formula is C34H25Cl3N6. The van der Waals surface area contributed by atoms with E-state index in [0.29, 0.717) is 55.1 Å². The van der Waals surface area contributed by atoms with Gasteiger partial charge >= 0.3 is 0 Å². The molecule has 0 spiro atoms. The van der Waals surface area contributed by atoms with E-state index in [1.54, 1.807) is 24.5 Å². The van der Waals surface area contributed by atoms with Crippen LogP contribution in [0, 0.1) is 27.7 Å². The molecule has 6 nitrogen and oxygen atoms in total. The number of halogens is 3. The fourth-order valence-electron chi connectivity index (χ4n) is 4.78. The van der Waals surface area contributed by atoms with Crippen molar-refractivity contribution in [3.05, 3.63) is 117 Å².